The van der Waals surface area contributed by atoms with Crippen LogP contribution in [0.15, 0.2) is 18.2 Å². The fraction of sp³-hybridized carbons (Fsp3) is 0.588. The Morgan fingerprint density at radius 3 is 1.70 bits per heavy atom. The van der Waals surface area contributed by atoms with Crippen molar-refractivity contribution in [2.75, 3.05) is 0 Å². The minimum atomic E-state index is -0.639. The van der Waals surface area contributed by atoms with E-state index in [0.29, 0.717) is 5.75 Å². The van der Waals surface area contributed by atoms with Gasteiger partial charge in [-0.15, -0.1) is 0 Å². The third-order valence-corrected chi connectivity index (χ3v) is 3.58. The van der Waals surface area contributed by atoms with Crippen molar-refractivity contribution in [2.24, 2.45) is 0 Å². The molecular formula is C17H25ClO2. The summed E-state index contributed by atoms with van der Waals surface area (Å²) in [5.41, 5.74) is 2.42. The summed E-state index contributed by atoms with van der Waals surface area (Å²) in [6.45, 7) is 14.6. The maximum Gasteiger partial charge on any atom is 0.262 e. The summed E-state index contributed by atoms with van der Waals surface area (Å²) in [5, 5.41) is -0.483. The smallest absolute Gasteiger partial charge is 0.262 e. The van der Waals surface area contributed by atoms with E-state index >= 15 is 0 Å². The highest BCUT2D eigenvalue weighted by Gasteiger charge is 2.22. The Labute approximate surface area is 127 Å². The van der Waals surface area contributed by atoms with Crippen LogP contribution in [0.4, 0.5) is 0 Å². The van der Waals surface area contributed by atoms with Crippen molar-refractivity contribution in [3.05, 3.63) is 29.3 Å². The quantitative estimate of drug-likeness (QED) is 0.748. The average molecular weight is 297 g/mol. The molecule has 0 aliphatic rings. The van der Waals surface area contributed by atoms with Gasteiger partial charge in [0.2, 0.25) is 0 Å². The summed E-state index contributed by atoms with van der Waals surface area (Å²) in [6.07, 6.45) is -0.639. The van der Waals surface area contributed by atoms with E-state index in [1.54, 1.807) is 6.92 Å². The molecule has 0 fully saturated rings. The van der Waals surface area contributed by atoms with Crippen LogP contribution in [0.2, 0.25) is 0 Å². The number of hydrogen-bond acceptors (Lipinski definition) is 2. The Kier molecular flexibility index (Phi) is 4.91. The van der Waals surface area contributed by atoms with E-state index in [1.165, 1.54) is 11.1 Å². The van der Waals surface area contributed by atoms with Gasteiger partial charge in [-0.1, -0.05) is 47.6 Å². The van der Waals surface area contributed by atoms with Crippen molar-refractivity contribution in [3.63, 3.8) is 0 Å². The van der Waals surface area contributed by atoms with Gasteiger partial charge in [-0.2, -0.15) is 0 Å². The van der Waals surface area contributed by atoms with Crippen LogP contribution in [0.25, 0.3) is 0 Å². The molecule has 1 aromatic rings. The zero-order valence-corrected chi connectivity index (χ0v) is 14.3. The molecule has 0 aliphatic carbocycles. The summed E-state index contributed by atoms with van der Waals surface area (Å²) >= 11 is 5.47. The average Bonchev–Trinajstić information content (AvgIpc) is 2.26. The highest BCUT2D eigenvalue weighted by molar-refractivity contribution is 6.64. The molecule has 0 amide bonds. The third-order valence-electron chi connectivity index (χ3n) is 3.27. The predicted octanol–water partition coefficient (Wildman–Crippen LogP) is 4.81. The van der Waals surface area contributed by atoms with Crippen LogP contribution in [0, 0.1) is 0 Å². The number of benzene rings is 1. The number of halogens is 1. The summed E-state index contributed by atoms with van der Waals surface area (Å²) in [5.74, 6) is 0.698. The molecule has 0 aromatic heterocycles. The van der Waals surface area contributed by atoms with Crippen molar-refractivity contribution in [3.8, 4) is 5.75 Å². The van der Waals surface area contributed by atoms with Crippen molar-refractivity contribution >= 4 is 16.8 Å². The van der Waals surface area contributed by atoms with E-state index in [-0.39, 0.29) is 10.8 Å². The topological polar surface area (TPSA) is 26.3 Å². The molecule has 2 nitrogen and oxygen atoms in total. The van der Waals surface area contributed by atoms with Gasteiger partial charge in [0.25, 0.3) is 5.24 Å². The molecule has 0 saturated carbocycles. The number of hydrogen-bond donors (Lipinski definition) is 0. The highest BCUT2D eigenvalue weighted by atomic mass is 35.5. The Morgan fingerprint density at radius 2 is 1.40 bits per heavy atom. The van der Waals surface area contributed by atoms with Crippen molar-refractivity contribution in [1.29, 1.82) is 0 Å². The number of carbonyl (C=O) groups excluding carboxylic acids is 1. The lowest BCUT2D eigenvalue weighted by Gasteiger charge is -2.26. The molecule has 0 N–H and O–H groups in total. The van der Waals surface area contributed by atoms with Crippen molar-refractivity contribution < 1.29 is 9.53 Å². The molecule has 3 heteroatoms. The lowest BCUT2D eigenvalue weighted by molar-refractivity contribution is -0.117. The van der Waals surface area contributed by atoms with E-state index < -0.39 is 11.3 Å². The summed E-state index contributed by atoms with van der Waals surface area (Å²) in [6, 6.07) is 6.19. The Balaban J connectivity index is 3.28. The van der Waals surface area contributed by atoms with Crippen LogP contribution in [0.1, 0.15) is 59.6 Å². The maximum absolute atomic E-state index is 11.2. The SMILES string of the molecule is C[C@@H](Oc1cc(C(C)(C)C)cc(C(C)(C)C)c1)C(=O)Cl. The zero-order chi connectivity index (χ0) is 15.7. The molecule has 0 unspecified atom stereocenters. The zero-order valence-electron chi connectivity index (χ0n) is 13.5. The fourth-order valence-electron chi connectivity index (χ4n) is 1.78. The van der Waals surface area contributed by atoms with E-state index in [0.717, 1.165) is 0 Å². The van der Waals surface area contributed by atoms with Crippen LogP contribution < -0.4 is 4.74 Å². The van der Waals surface area contributed by atoms with E-state index in [4.69, 9.17) is 16.3 Å². The van der Waals surface area contributed by atoms with E-state index in [1.807, 2.05) is 12.1 Å². The Bertz CT molecular complexity index is 460. The van der Waals surface area contributed by atoms with E-state index in [9.17, 15) is 4.79 Å². The summed E-state index contributed by atoms with van der Waals surface area (Å²) in [7, 11) is 0. The van der Waals surface area contributed by atoms with Gasteiger partial charge in [0.15, 0.2) is 6.10 Å². The molecule has 20 heavy (non-hydrogen) atoms. The standard InChI is InChI=1S/C17H25ClO2/c1-11(15(18)19)20-14-9-12(16(2,3)4)8-13(10-14)17(5,6)7/h8-11H,1-7H3/t11-/m1/s1. The predicted molar refractivity (Wildman–Crippen MR) is 84.8 cm³/mol. The second-order valence-corrected chi connectivity index (χ2v) is 7.68. The molecule has 0 spiro atoms. The van der Waals surface area contributed by atoms with Gasteiger partial charge >= 0.3 is 0 Å². The largest absolute Gasteiger partial charge is 0.482 e. The molecule has 0 saturated heterocycles. The maximum atomic E-state index is 11.2. The first-order valence-electron chi connectivity index (χ1n) is 6.93. The van der Waals surface area contributed by atoms with Crippen LogP contribution in [0.5, 0.6) is 5.75 Å². The van der Waals surface area contributed by atoms with Crippen molar-refractivity contribution in [2.45, 2.75) is 65.4 Å². The van der Waals surface area contributed by atoms with Gasteiger partial charge < -0.3 is 4.74 Å². The van der Waals surface area contributed by atoms with E-state index in [2.05, 4.69) is 47.6 Å². The third kappa shape index (κ3) is 4.52. The lowest BCUT2D eigenvalue weighted by Crippen LogP contribution is -2.21. The molecule has 0 radical (unpaired) electrons. The molecule has 1 aromatic carbocycles. The van der Waals surface area contributed by atoms with Gasteiger partial charge in [-0.25, -0.2) is 0 Å². The molecular weight excluding hydrogens is 272 g/mol. The Morgan fingerprint density at radius 1 is 1.00 bits per heavy atom. The number of ether oxygens (including phenoxy) is 1. The van der Waals surface area contributed by atoms with Gasteiger partial charge in [0, 0.05) is 0 Å². The monoisotopic (exact) mass is 296 g/mol. The van der Waals surface area contributed by atoms with Crippen LogP contribution >= 0.6 is 11.6 Å². The normalized spacial score (nSPS) is 14.0. The van der Waals surface area contributed by atoms with Crippen LogP contribution in [-0.2, 0) is 15.6 Å². The molecule has 112 valence electrons. The van der Waals surface area contributed by atoms with Crippen LogP contribution in [-0.4, -0.2) is 11.3 Å². The molecule has 0 heterocycles. The summed E-state index contributed by atoms with van der Waals surface area (Å²) < 4.78 is 5.67. The molecule has 1 rings (SSSR count). The Hall–Kier alpha value is -1.02. The fourth-order valence-corrected chi connectivity index (χ4v) is 1.83. The van der Waals surface area contributed by atoms with Crippen molar-refractivity contribution in [1.82, 2.24) is 0 Å². The van der Waals surface area contributed by atoms with Gasteiger partial charge in [-0.3, -0.25) is 4.79 Å². The second-order valence-electron chi connectivity index (χ2n) is 7.31. The highest BCUT2D eigenvalue weighted by Crippen LogP contribution is 2.33. The molecule has 0 bridgehead atoms. The minimum Gasteiger partial charge on any atom is -0.482 e. The van der Waals surface area contributed by atoms with Crippen LogP contribution in [0.3, 0.4) is 0 Å². The second kappa shape index (κ2) is 5.77. The summed E-state index contributed by atoms with van der Waals surface area (Å²) in [4.78, 5) is 11.2. The minimum absolute atomic E-state index is 0.0214. The van der Waals surface area contributed by atoms with Gasteiger partial charge in [-0.05, 0) is 52.6 Å². The van der Waals surface area contributed by atoms with Gasteiger partial charge in [0.05, 0.1) is 0 Å². The first-order valence-corrected chi connectivity index (χ1v) is 7.31. The first-order chi connectivity index (χ1) is 8.91. The lowest BCUT2D eigenvalue weighted by atomic mass is 9.80. The number of carbonyl (C=O) groups is 1. The molecule has 0 aliphatic heterocycles. The number of rotatable bonds is 3. The van der Waals surface area contributed by atoms with Gasteiger partial charge in [0.1, 0.15) is 5.75 Å². The first kappa shape index (κ1) is 17.0. The molecule has 1 atom stereocenters.